The quantitative estimate of drug-likeness (QED) is 0.668. The van der Waals surface area contributed by atoms with Crippen molar-refractivity contribution in [2.45, 2.75) is 45.1 Å². The lowest BCUT2D eigenvalue weighted by Gasteiger charge is -2.19. The lowest BCUT2D eigenvalue weighted by atomic mass is 10.4. The fraction of sp³-hybridized carbons (Fsp3) is 0.769. The van der Waals surface area contributed by atoms with Crippen LogP contribution in [0.1, 0.15) is 33.6 Å². The van der Waals surface area contributed by atoms with Crippen LogP contribution in [0.15, 0.2) is 11.1 Å². The van der Waals surface area contributed by atoms with Crippen molar-refractivity contribution < 1.29 is 8.42 Å². The molecule has 0 aromatic carbocycles. The van der Waals surface area contributed by atoms with E-state index in [4.69, 9.17) is 5.73 Å². The van der Waals surface area contributed by atoms with Gasteiger partial charge < -0.3 is 10.6 Å². The third-order valence-corrected chi connectivity index (χ3v) is 4.68. The molecule has 1 heterocycles. The number of hydrogen-bond acceptors (Lipinski definition) is 5. The molecular weight excluding hydrogens is 290 g/mol. The van der Waals surface area contributed by atoms with Gasteiger partial charge in [-0.15, -0.1) is 0 Å². The number of anilines is 1. The van der Waals surface area contributed by atoms with Crippen LogP contribution in [0.2, 0.25) is 0 Å². The second-order valence-corrected chi connectivity index (χ2v) is 6.71. The van der Waals surface area contributed by atoms with E-state index in [2.05, 4.69) is 28.6 Å². The first-order valence-electron chi connectivity index (χ1n) is 7.49. The molecule has 21 heavy (non-hydrogen) atoms. The lowest BCUT2D eigenvalue weighted by molar-refractivity contribution is 0.293. The Labute approximate surface area is 127 Å². The fourth-order valence-electron chi connectivity index (χ4n) is 2.13. The largest absolute Gasteiger partial charge is 0.381 e. The van der Waals surface area contributed by atoms with Crippen LogP contribution in [0.25, 0.3) is 0 Å². The molecule has 1 aromatic heterocycles. The molecule has 0 amide bonds. The molecule has 8 heteroatoms. The highest BCUT2D eigenvalue weighted by atomic mass is 32.2. The second-order valence-electron chi connectivity index (χ2n) is 4.97. The summed E-state index contributed by atoms with van der Waals surface area (Å²) < 4.78 is 28.6. The van der Waals surface area contributed by atoms with Crippen molar-refractivity contribution >= 4 is 15.8 Å². The number of nitrogens with one attached hydrogen (secondary N) is 1. The normalized spacial score (nSPS) is 12.2. The van der Waals surface area contributed by atoms with E-state index in [-0.39, 0.29) is 10.7 Å². The van der Waals surface area contributed by atoms with E-state index < -0.39 is 10.0 Å². The minimum absolute atomic E-state index is 0.0526. The molecule has 0 atom stereocenters. The van der Waals surface area contributed by atoms with Crippen molar-refractivity contribution in [3.05, 3.63) is 6.20 Å². The summed E-state index contributed by atoms with van der Waals surface area (Å²) in [6, 6.07) is 0. The van der Waals surface area contributed by atoms with Crippen LogP contribution in [0.3, 0.4) is 0 Å². The molecule has 0 saturated heterocycles. The first-order chi connectivity index (χ1) is 9.94. The smallest absolute Gasteiger partial charge is 0.245 e. The van der Waals surface area contributed by atoms with E-state index in [0.29, 0.717) is 19.6 Å². The van der Waals surface area contributed by atoms with Gasteiger partial charge in [0.15, 0.2) is 5.82 Å². The first-order valence-corrected chi connectivity index (χ1v) is 8.97. The summed E-state index contributed by atoms with van der Waals surface area (Å²) in [4.78, 5) is 2.27. The van der Waals surface area contributed by atoms with Crippen LogP contribution in [0.5, 0.6) is 0 Å². The number of rotatable bonds is 10. The molecular formula is C13H27N5O2S. The number of nitrogen functional groups attached to an aromatic ring is 1. The summed E-state index contributed by atoms with van der Waals surface area (Å²) in [5.74, 6) is 0.0526. The standard InChI is InChI=1S/C13H27N5O2S/c1-4-8-17(6-3)10-7-15-21(19,20)12-11-18(9-5-2)16-13(12)14/h11,15H,4-10H2,1-3H3,(H2,14,16). The maximum Gasteiger partial charge on any atom is 0.245 e. The molecule has 1 rings (SSSR count). The zero-order chi connectivity index (χ0) is 15.9. The second kappa shape index (κ2) is 8.35. The molecule has 0 radical (unpaired) electrons. The van der Waals surface area contributed by atoms with E-state index in [0.717, 1.165) is 25.9 Å². The topological polar surface area (TPSA) is 93.2 Å². The summed E-state index contributed by atoms with van der Waals surface area (Å²) in [5.41, 5.74) is 5.70. The minimum Gasteiger partial charge on any atom is -0.381 e. The molecule has 0 bridgehead atoms. The highest BCUT2D eigenvalue weighted by Crippen LogP contribution is 2.15. The molecule has 0 saturated carbocycles. The molecule has 7 nitrogen and oxygen atoms in total. The van der Waals surface area contributed by atoms with E-state index in [9.17, 15) is 8.42 Å². The number of aromatic nitrogens is 2. The minimum atomic E-state index is -3.59. The predicted octanol–water partition coefficient (Wildman–Crippen LogP) is 0.886. The maximum atomic E-state index is 12.2. The van der Waals surface area contributed by atoms with Gasteiger partial charge in [0.25, 0.3) is 0 Å². The van der Waals surface area contributed by atoms with E-state index >= 15 is 0 Å². The maximum absolute atomic E-state index is 12.2. The zero-order valence-corrected chi connectivity index (χ0v) is 14.0. The molecule has 3 N–H and O–H groups in total. The van der Waals surface area contributed by atoms with Crippen LogP contribution >= 0.6 is 0 Å². The van der Waals surface area contributed by atoms with Crippen molar-refractivity contribution in [2.75, 3.05) is 31.9 Å². The number of nitrogens with two attached hydrogens (primary N) is 1. The average Bonchev–Trinajstić information content (AvgIpc) is 2.80. The molecule has 0 spiro atoms. The molecule has 0 aliphatic rings. The van der Waals surface area contributed by atoms with Gasteiger partial charge in [0, 0.05) is 25.8 Å². The van der Waals surface area contributed by atoms with Crippen LogP contribution < -0.4 is 10.5 Å². The van der Waals surface area contributed by atoms with Crippen LogP contribution in [0, 0.1) is 0 Å². The Kier molecular flexibility index (Phi) is 7.13. The zero-order valence-electron chi connectivity index (χ0n) is 13.2. The Balaban J connectivity index is 2.65. The molecule has 0 unspecified atom stereocenters. The van der Waals surface area contributed by atoms with Gasteiger partial charge in [-0.05, 0) is 25.9 Å². The van der Waals surface area contributed by atoms with E-state index in [1.807, 2.05) is 6.92 Å². The Morgan fingerprint density at radius 1 is 1.29 bits per heavy atom. The van der Waals surface area contributed by atoms with Gasteiger partial charge in [-0.3, -0.25) is 4.68 Å². The van der Waals surface area contributed by atoms with Gasteiger partial charge in [0.2, 0.25) is 10.0 Å². The van der Waals surface area contributed by atoms with Crippen LogP contribution in [-0.2, 0) is 16.6 Å². The van der Waals surface area contributed by atoms with E-state index in [1.165, 1.54) is 6.20 Å². The number of likely N-dealkylation sites (N-methyl/N-ethyl adjacent to an activating group) is 1. The third kappa shape index (κ3) is 5.29. The molecule has 0 aliphatic heterocycles. The Morgan fingerprint density at radius 3 is 2.57 bits per heavy atom. The lowest BCUT2D eigenvalue weighted by Crippen LogP contribution is -2.35. The van der Waals surface area contributed by atoms with Crippen LogP contribution in [-0.4, -0.2) is 49.3 Å². The number of hydrogen-bond donors (Lipinski definition) is 2. The van der Waals surface area contributed by atoms with Gasteiger partial charge in [-0.25, -0.2) is 13.1 Å². The van der Waals surface area contributed by atoms with Gasteiger partial charge in [-0.1, -0.05) is 20.8 Å². The Morgan fingerprint density at radius 2 is 2.00 bits per heavy atom. The predicted molar refractivity (Wildman–Crippen MR) is 84.5 cm³/mol. The summed E-state index contributed by atoms with van der Waals surface area (Å²) >= 11 is 0. The van der Waals surface area contributed by atoms with Crippen molar-refractivity contribution in [3.8, 4) is 0 Å². The molecule has 1 aromatic rings. The SMILES string of the molecule is CCCN(CC)CCNS(=O)(=O)c1cn(CCC)nc1N. The fourth-order valence-corrected chi connectivity index (χ4v) is 3.22. The highest BCUT2D eigenvalue weighted by Gasteiger charge is 2.20. The summed E-state index contributed by atoms with van der Waals surface area (Å²) in [7, 11) is -3.59. The Hall–Kier alpha value is -1.12. The molecule has 0 fully saturated rings. The van der Waals surface area contributed by atoms with Crippen molar-refractivity contribution in [1.29, 1.82) is 0 Å². The van der Waals surface area contributed by atoms with Gasteiger partial charge in [-0.2, -0.15) is 5.10 Å². The van der Waals surface area contributed by atoms with Crippen molar-refractivity contribution in [1.82, 2.24) is 19.4 Å². The van der Waals surface area contributed by atoms with Crippen molar-refractivity contribution in [3.63, 3.8) is 0 Å². The number of nitrogens with zero attached hydrogens (tertiary/aromatic N) is 3. The monoisotopic (exact) mass is 317 g/mol. The van der Waals surface area contributed by atoms with E-state index in [1.54, 1.807) is 4.68 Å². The first kappa shape index (κ1) is 17.9. The summed E-state index contributed by atoms with van der Waals surface area (Å²) in [6.07, 6.45) is 3.42. The molecule has 0 aliphatic carbocycles. The van der Waals surface area contributed by atoms with Crippen molar-refractivity contribution in [2.24, 2.45) is 0 Å². The van der Waals surface area contributed by atoms with Gasteiger partial charge in [0.05, 0.1) is 0 Å². The highest BCUT2D eigenvalue weighted by molar-refractivity contribution is 7.89. The average molecular weight is 317 g/mol. The Bertz CT molecular complexity index is 527. The summed E-state index contributed by atoms with van der Waals surface area (Å²) in [6.45, 7) is 9.76. The summed E-state index contributed by atoms with van der Waals surface area (Å²) in [5, 5.41) is 4.02. The number of aryl methyl sites for hydroxylation is 1. The van der Waals surface area contributed by atoms with Gasteiger partial charge in [0.1, 0.15) is 4.90 Å². The van der Waals surface area contributed by atoms with Gasteiger partial charge >= 0.3 is 0 Å². The third-order valence-electron chi connectivity index (χ3n) is 3.20. The van der Waals surface area contributed by atoms with Crippen LogP contribution in [0.4, 0.5) is 5.82 Å². The molecule has 122 valence electrons. The number of sulfonamides is 1.